The number of carboxylic acids is 1. The van der Waals surface area contributed by atoms with Crippen molar-refractivity contribution in [3.63, 3.8) is 0 Å². The Bertz CT molecular complexity index is 341. The summed E-state index contributed by atoms with van der Waals surface area (Å²) in [5, 5.41) is 45.4. The molecule has 0 aromatic heterocycles. The van der Waals surface area contributed by atoms with Gasteiger partial charge in [0, 0.05) is 6.42 Å². The molecule has 0 aliphatic carbocycles. The average Bonchev–Trinajstić information content (AvgIpc) is 2.59. The molecule has 1 saturated heterocycles. The molecule has 1 rings (SSSR count). The molecule has 7 N–H and O–H groups in total. The number of nitrogens with two attached hydrogens (primary N) is 1. The molecule has 1 aliphatic rings. The summed E-state index contributed by atoms with van der Waals surface area (Å²) >= 11 is 0. The third-order valence-electron chi connectivity index (χ3n) is 2.90. The Balaban J connectivity index is 2.49. The molecule has 0 aromatic carbocycles. The van der Waals surface area contributed by atoms with E-state index in [1.807, 2.05) is 0 Å². The minimum atomic E-state index is -3.30. The lowest BCUT2D eigenvalue weighted by molar-refractivity contribution is -0.302. The molecule has 0 amide bonds. The van der Waals surface area contributed by atoms with Gasteiger partial charge in [0.2, 0.25) is 6.29 Å². The first-order valence-corrected chi connectivity index (χ1v) is 5.87. The first-order valence-electron chi connectivity index (χ1n) is 5.87. The van der Waals surface area contributed by atoms with E-state index in [9.17, 15) is 24.5 Å². The van der Waals surface area contributed by atoms with Gasteiger partial charge in [-0.3, -0.25) is 4.79 Å². The van der Waals surface area contributed by atoms with Gasteiger partial charge in [0.05, 0.1) is 6.61 Å². The Hall–Kier alpha value is -0.880. The molecular weight excluding hydrogens is 281 g/mol. The third-order valence-corrected chi connectivity index (χ3v) is 2.90. The molecule has 9 nitrogen and oxygen atoms in total. The summed E-state index contributed by atoms with van der Waals surface area (Å²) in [6, 6.07) is -1.22. The largest absolute Gasteiger partial charge is 0.480 e. The van der Waals surface area contributed by atoms with Crippen LogP contribution in [0.15, 0.2) is 0 Å². The van der Waals surface area contributed by atoms with E-state index in [0.29, 0.717) is 0 Å². The van der Waals surface area contributed by atoms with Crippen molar-refractivity contribution in [2.24, 2.45) is 5.73 Å². The van der Waals surface area contributed by atoms with Crippen LogP contribution in [0.4, 0.5) is 4.39 Å². The topological polar surface area (TPSA) is 163 Å². The van der Waals surface area contributed by atoms with Crippen LogP contribution in [-0.4, -0.2) is 74.8 Å². The average molecular weight is 299 g/mol. The SMILES string of the molecule is N[C@@H](CC[C@@H](O)O[C@H]1O[C@H](CO)[C@@H](O)[C@]1(O)F)C(=O)O. The number of halogens is 1. The molecule has 0 bridgehead atoms. The number of aliphatic hydroxyl groups is 4. The van der Waals surface area contributed by atoms with Crippen LogP contribution < -0.4 is 5.73 Å². The molecule has 1 fully saturated rings. The Morgan fingerprint density at radius 1 is 1.50 bits per heavy atom. The second kappa shape index (κ2) is 6.72. The van der Waals surface area contributed by atoms with Crippen LogP contribution >= 0.6 is 0 Å². The molecule has 20 heavy (non-hydrogen) atoms. The number of ether oxygens (including phenoxy) is 2. The van der Waals surface area contributed by atoms with E-state index < -0.39 is 49.3 Å². The van der Waals surface area contributed by atoms with Crippen molar-refractivity contribution >= 4 is 5.97 Å². The molecule has 0 aromatic rings. The zero-order chi connectivity index (χ0) is 15.5. The lowest BCUT2D eigenvalue weighted by atomic mass is 10.1. The lowest BCUT2D eigenvalue weighted by Gasteiger charge is -2.24. The van der Waals surface area contributed by atoms with Crippen LogP contribution in [0.2, 0.25) is 0 Å². The second-order valence-electron chi connectivity index (χ2n) is 4.47. The van der Waals surface area contributed by atoms with Gasteiger partial charge >= 0.3 is 5.97 Å². The van der Waals surface area contributed by atoms with Gasteiger partial charge in [-0.1, -0.05) is 0 Å². The third kappa shape index (κ3) is 3.82. The smallest absolute Gasteiger partial charge is 0.320 e. The fourth-order valence-corrected chi connectivity index (χ4v) is 1.66. The fraction of sp³-hybridized carbons (Fsp3) is 0.900. The van der Waals surface area contributed by atoms with E-state index in [0.717, 1.165) is 0 Å². The van der Waals surface area contributed by atoms with Crippen LogP contribution in [-0.2, 0) is 14.3 Å². The van der Waals surface area contributed by atoms with Crippen molar-refractivity contribution in [2.45, 2.75) is 49.5 Å². The number of alkyl halides is 1. The Kier molecular flexibility index (Phi) is 5.77. The van der Waals surface area contributed by atoms with E-state index in [-0.39, 0.29) is 12.8 Å². The quantitative estimate of drug-likeness (QED) is 0.273. The number of hydrogen-bond acceptors (Lipinski definition) is 8. The van der Waals surface area contributed by atoms with E-state index in [2.05, 4.69) is 4.74 Å². The summed E-state index contributed by atoms with van der Waals surface area (Å²) in [5.74, 6) is -4.57. The van der Waals surface area contributed by atoms with Crippen molar-refractivity contribution in [1.29, 1.82) is 0 Å². The predicted octanol–water partition coefficient (Wildman–Crippen LogP) is -2.75. The van der Waals surface area contributed by atoms with Gasteiger partial charge in [-0.25, -0.2) is 4.39 Å². The molecule has 1 heterocycles. The van der Waals surface area contributed by atoms with Crippen LogP contribution in [0, 0.1) is 0 Å². The normalized spacial score (nSPS) is 36.8. The highest BCUT2D eigenvalue weighted by Gasteiger charge is 2.57. The summed E-state index contributed by atoms with van der Waals surface area (Å²) in [6.45, 7) is -0.757. The van der Waals surface area contributed by atoms with Crippen molar-refractivity contribution in [3.05, 3.63) is 0 Å². The maximum Gasteiger partial charge on any atom is 0.320 e. The maximum absolute atomic E-state index is 13.7. The molecular formula is C10H18FNO8. The zero-order valence-corrected chi connectivity index (χ0v) is 10.4. The highest BCUT2D eigenvalue weighted by molar-refractivity contribution is 5.72. The second-order valence-corrected chi connectivity index (χ2v) is 4.47. The summed E-state index contributed by atoms with van der Waals surface area (Å²) in [7, 11) is 0. The molecule has 0 saturated carbocycles. The number of rotatable bonds is 7. The van der Waals surface area contributed by atoms with Crippen LogP contribution in [0.3, 0.4) is 0 Å². The van der Waals surface area contributed by atoms with Gasteiger partial charge in [0.15, 0.2) is 6.29 Å². The number of aliphatic carboxylic acids is 1. The van der Waals surface area contributed by atoms with Gasteiger partial charge in [-0.05, 0) is 6.42 Å². The van der Waals surface area contributed by atoms with Crippen molar-refractivity contribution < 1.29 is 44.2 Å². The number of carbonyl (C=O) groups is 1. The van der Waals surface area contributed by atoms with Gasteiger partial charge in [-0.2, -0.15) is 0 Å². The van der Waals surface area contributed by atoms with Gasteiger partial charge in [0.25, 0.3) is 5.85 Å². The number of carboxylic acid groups (broad SMARTS) is 1. The van der Waals surface area contributed by atoms with Crippen LogP contribution in [0.5, 0.6) is 0 Å². The van der Waals surface area contributed by atoms with E-state index >= 15 is 0 Å². The predicted molar refractivity (Wildman–Crippen MR) is 59.7 cm³/mol. The number of aliphatic hydroxyl groups excluding tert-OH is 3. The molecule has 10 heteroatoms. The monoisotopic (exact) mass is 299 g/mol. The van der Waals surface area contributed by atoms with E-state index in [1.165, 1.54) is 0 Å². The Morgan fingerprint density at radius 3 is 2.55 bits per heavy atom. The molecule has 1 aliphatic heterocycles. The van der Waals surface area contributed by atoms with E-state index in [1.54, 1.807) is 0 Å². The Labute approximate surface area is 113 Å². The highest BCUT2D eigenvalue weighted by atomic mass is 19.2. The van der Waals surface area contributed by atoms with Crippen LogP contribution in [0.1, 0.15) is 12.8 Å². The van der Waals surface area contributed by atoms with Gasteiger partial charge in [-0.15, -0.1) is 0 Å². The molecule has 0 spiro atoms. The first kappa shape index (κ1) is 17.2. The van der Waals surface area contributed by atoms with E-state index in [4.69, 9.17) is 20.7 Å². The molecule has 118 valence electrons. The molecule has 0 unspecified atom stereocenters. The van der Waals surface area contributed by atoms with Crippen molar-refractivity contribution in [1.82, 2.24) is 0 Å². The summed E-state index contributed by atoms with van der Waals surface area (Å²) < 4.78 is 23.1. The van der Waals surface area contributed by atoms with Crippen molar-refractivity contribution in [2.75, 3.05) is 6.61 Å². The minimum absolute atomic E-state index is 0.153. The molecule has 6 atom stereocenters. The summed E-state index contributed by atoms with van der Waals surface area (Å²) in [6.07, 6.45) is -7.50. The Morgan fingerprint density at radius 2 is 2.10 bits per heavy atom. The van der Waals surface area contributed by atoms with Crippen LogP contribution in [0.25, 0.3) is 0 Å². The first-order chi connectivity index (χ1) is 9.20. The zero-order valence-electron chi connectivity index (χ0n) is 10.4. The number of hydrogen-bond donors (Lipinski definition) is 6. The highest BCUT2D eigenvalue weighted by Crippen LogP contribution is 2.33. The fourth-order valence-electron chi connectivity index (χ4n) is 1.66. The summed E-state index contributed by atoms with van der Waals surface area (Å²) in [4.78, 5) is 10.5. The maximum atomic E-state index is 13.7. The minimum Gasteiger partial charge on any atom is -0.480 e. The lowest BCUT2D eigenvalue weighted by Crippen LogP contribution is -2.46. The van der Waals surface area contributed by atoms with Crippen molar-refractivity contribution in [3.8, 4) is 0 Å². The van der Waals surface area contributed by atoms with Gasteiger partial charge in [0.1, 0.15) is 18.2 Å². The molecule has 0 radical (unpaired) electrons. The van der Waals surface area contributed by atoms with Gasteiger partial charge < -0.3 is 40.7 Å². The summed E-state index contributed by atoms with van der Waals surface area (Å²) in [5.41, 5.74) is 5.20. The standard InChI is InChI=1S/C10H18FNO8/c11-10(18)7(15)5(3-13)19-9(10)20-6(14)2-1-4(12)8(16)17/h4-7,9,13-15,18H,1-3,12H2,(H,16,17)/t4-,5+,6-,7+,9+,10+/m0/s1.